The highest BCUT2D eigenvalue weighted by Gasteiger charge is 1.97. The van der Waals surface area contributed by atoms with Crippen molar-refractivity contribution in [3.8, 4) is 6.19 Å². The summed E-state index contributed by atoms with van der Waals surface area (Å²) < 4.78 is 1.46. The van der Waals surface area contributed by atoms with Crippen molar-refractivity contribution in [3.05, 3.63) is 18.2 Å². The minimum Gasteiger partial charge on any atom is -0.280 e. The Bertz CT molecular complexity index is 218. The maximum atomic E-state index is 8.30. The van der Waals surface area contributed by atoms with Crippen LogP contribution in [0, 0.1) is 18.4 Å². The topological polar surface area (TPSA) is 43.5 Å². The number of H-pyrrole nitrogens is 1. The van der Waals surface area contributed by atoms with Crippen molar-refractivity contribution in [1.29, 1.82) is 5.26 Å². The summed E-state index contributed by atoms with van der Waals surface area (Å²) in [4.78, 5) is 2.86. The Morgan fingerprint density at radius 2 is 2.62 bits per heavy atom. The van der Waals surface area contributed by atoms with E-state index in [-0.39, 0.29) is 0 Å². The van der Waals surface area contributed by atoms with E-state index >= 15 is 0 Å². The standard InChI is InChI=1S/C5H5N3/c1-5-7-2-3-8(5)4-6/h2-3H,1H3/p+1. The average Bonchev–Trinajstić information content (AvgIpc) is 2.14. The largest absolute Gasteiger partial charge is 0.375 e. The normalized spacial score (nSPS) is 8.50. The third-order valence-electron chi connectivity index (χ3n) is 0.985. The number of imidazole rings is 1. The summed E-state index contributed by atoms with van der Waals surface area (Å²) in [7, 11) is 0. The number of hydrogen-bond acceptors (Lipinski definition) is 1. The van der Waals surface area contributed by atoms with Gasteiger partial charge >= 0.3 is 6.19 Å². The summed E-state index contributed by atoms with van der Waals surface area (Å²) in [6.45, 7) is 1.84. The van der Waals surface area contributed by atoms with Crippen molar-refractivity contribution < 1.29 is 4.57 Å². The molecule has 0 aliphatic carbocycles. The number of aromatic nitrogens is 2. The number of aryl methyl sites for hydroxylation is 1. The quantitative estimate of drug-likeness (QED) is 0.465. The third kappa shape index (κ3) is 0.562. The molecule has 1 heterocycles. The molecule has 3 nitrogen and oxygen atoms in total. The molecule has 0 aliphatic heterocycles. The molecule has 1 N–H and O–H groups in total. The van der Waals surface area contributed by atoms with Gasteiger partial charge in [-0.2, -0.15) is 4.57 Å². The Morgan fingerprint density at radius 1 is 1.88 bits per heavy atom. The van der Waals surface area contributed by atoms with Crippen LogP contribution in [0.2, 0.25) is 0 Å². The second kappa shape index (κ2) is 1.66. The van der Waals surface area contributed by atoms with Gasteiger partial charge in [0.1, 0.15) is 6.20 Å². The summed E-state index contributed by atoms with van der Waals surface area (Å²) in [5, 5.41) is 8.30. The Hall–Kier alpha value is -1.30. The number of hydrogen-bond donors (Lipinski definition) is 1. The van der Waals surface area contributed by atoms with Crippen LogP contribution in [0.15, 0.2) is 12.4 Å². The van der Waals surface area contributed by atoms with Gasteiger partial charge in [0.25, 0.3) is 0 Å². The first kappa shape index (κ1) is 4.85. The Balaban J connectivity index is 3.15. The van der Waals surface area contributed by atoms with Crippen molar-refractivity contribution >= 4 is 0 Å². The molecule has 0 bridgehead atoms. The van der Waals surface area contributed by atoms with E-state index < -0.39 is 0 Å². The fourth-order valence-corrected chi connectivity index (χ4v) is 0.522. The molecule has 1 aromatic rings. The zero-order chi connectivity index (χ0) is 5.98. The van der Waals surface area contributed by atoms with Crippen molar-refractivity contribution in [2.75, 3.05) is 0 Å². The van der Waals surface area contributed by atoms with Crippen molar-refractivity contribution in [2.24, 2.45) is 0 Å². The molecule has 0 unspecified atom stereocenters. The number of nitrogens with one attached hydrogen (secondary N) is 1. The molecule has 40 valence electrons. The summed E-state index contributed by atoms with van der Waals surface area (Å²) >= 11 is 0. The first-order valence-corrected chi connectivity index (χ1v) is 2.30. The van der Waals surface area contributed by atoms with E-state index in [1.165, 1.54) is 4.57 Å². The van der Waals surface area contributed by atoms with Crippen LogP contribution in [0.3, 0.4) is 0 Å². The zero-order valence-corrected chi connectivity index (χ0v) is 4.55. The molecule has 8 heavy (non-hydrogen) atoms. The van der Waals surface area contributed by atoms with Crippen molar-refractivity contribution in [1.82, 2.24) is 4.98 Å². The molecule has 0 saturated heterocycles. The average molecular weight is 108 g/mol. The molecule has 3 heteroatoms. The van der Waals surface area contributed by atoms with Crippen LogP contribution in [0.4, 0.5) is 0 Å². The molecule has 0 saturated carbocycles. The van der Waals surface area contributed by atoms with Gasteiger partial charge < -0.3 is 0 Å². The fraction of sp³-hybridized carbons (Fsp3) is 0.200. The second-order valence-electron chi connectivity index (χ2n) is 1.52. The minimum atomic E-state index is 0.854. The lowest BCUT2D eigenvalue weighted by Crippen LogP contribution is -2.27. The molecule has 0 fully saturated rings. The highest BCUT2D eigenvalue weighted by atomic mass is 15.0. The molecule has 0 amide bonds. The van der Waals surface area contributed by atoms with Gasteiger partial charge in [-0.25, -0.2) is 0 Å². The van der Waals surface area contributed by atoms with Crippen LogP contribution < -0.4 is 4.57 Å². The number of nitriles is 1. The van der Waals surface area contributed by atoms with Crippen molar-refractivity contribution in [2.45, 2.75) is 6.92 Å². The maximum absolute atomic E-state index is 8.30. The van der Waals surface area contributed by atoms with Gasteiger partial charge in [0.15, 0.2) is 0 Å². The molecule has 0 radical (unpaired) electrons. The summed E-state index contributed by atoms with van der Waals surface area (Å²) in [5.41, 5.74) is 0. The van der Waals surface area contributed by atoms with Crippen molar-refractivity contribution in [3.63, 3.8) is 0 Å². The highest BCUT2D eigenvalue weighted by molar-refractivity contribution is 4.74. The first-order valence-electron chi connectivity index (χ1n) is 2.30. The van der Waals surface area contributed by atoms with Gasteiger partial charge in [0.2, 0.25) is 5.82 Å². The fourth-order valence-electron chi connectivity index (χ4n) is 0.522. The third-order valence-corrected chi connectivity index (χ3v) is 0.985. The van der Waals surface area contributed by atoms with E-state index in [4.69, 9.17) is 5.26 Å². The maximum Gasteiger partial charge on any atom is 0.375 e. The first-order chi connectivity index (χ1) is 3.84. The Kier molecular flexibility index (Phi) is 1.01. The monoisotopic (exact) mass is 108 g/mol. The van der Waals surface area contributed by atoms with E-state index in [1.807, 2.05) is 13.1 Å². The van der Waals surface area contributed by atoms with Gasteiger partial charge in [-0.1, -0.05) is 0 Å². The smallest absolute Gasteiger partial charge is 0.280 e. The lowest BCUT2D eigenvalue weighted by atomic mass is 10.7. The Labute approximate surface area is 47.2 Å². The van der Waals surface area contributed by atoms with E-state index in [0.29, 0.717) is 0 Å². The molecule has 0 atom stereocenters. The van der Waals surface area contributed by atoms with Gasteiger partial charge in [0, 0.05) is 12.2 Å². The van der Waals surface area contributed by atoms with Crippen LogP contribution in [0.1, 0.15) is 5.82 Å². The van der Waals surface area contributed by atoms with Crippen LogP contribution in [-0.2, 0) is 0 Å². The van der Waals surface area contributed by atoms with E-state index in [1.54, 1.807) is 12.4 Å². The number of nitrogens with zero attached hydrogens (tertiary/aromatic N) is 2. The lowest BCUT2D eigenvalue weighted by molar-refractivity contribution is -0.592. The summed E-state index contributed by atoms with van der Waals surface area (Å²) in [5.74, 6) is 0.854. The van der Waals surface area contributed by atoms with E-state index in [0.717, 1.165) is 5.82 Å². The second-order valence-corrected chi connectivity index (χ2v) is 1.52. The molecule has 0 aromatic carbocycles. The predicted octanol–water partition coefficient (Wildman–Crippen LogP) is -0.0602. The highest BCUT2D eigenvalue weighted by Crippen LogP contribution is 1.76. The predicted molar refractivity (Wildman–Crippen MR) is 26.7 cm³/mol. The number of rotatable bonds is 0. The van der Waals surface area contributed by atoms with E-state index in [2.05, 4.69) is 4.98 Å². The SMILES string of the molecule is Cc1[nH]cc[n+]1C#N. The van der Waals surface area contributed by atoms with Crippen LogP contribution in [-0.4, -0.2) is 4.98 Å². The van der Waals surface area contributed by atoms with Crippen LogP contribution in [0.5, 0.6) is 0 Å². The summed E-state index contributed by atoms with van der Waals surface area (Å²) in [6.07, 6.45) is 5.36. The molecular formula is C5H6N3+. The molecule has 0 spiro atoms. The van der Waals surface area contributed by atoms with Gasteiger partial charge in [-0.05, 0) is 0 Å². The van der Waals surface area contributed by atoms with E-state index in [9.17, 15) is 0 Å². The lowest BCUT2D eigenvalue weighted by Gasteiger charge is -1.74. The van der Waals surface area contributed by atoms with Gasteiger partial charge in [0.05, 0.1) is 6.20 Å². The molecule has 0 aliphatic rings. The molecule has 1 rings (SSSR count). The van der Waals surface area contributed by atoms with Gasteiger partial charge in [-0.15, -0.1) is 0 Å². The summed E-state index contributed by atoms with van der Waals surface area (Å²) in [6, 6.07) is 0. The van der Waals surface area contributed by atoms with Gasteiger partial charge in [-0.3, -0.25) is 4.98 Å². The molecule has 1 aromatic heterocycles. The minimum absolute atomic E-state index is 0.854. The van der Waals surface area contributed by atoms with Crippen LogP contribution >= 0.6 is 0 Å². The number of aromatic amines is 1. The zero-order valence-electron chi connectivity index (χ0n) is 4.55. The van der Waals surface area contributed by atoms with Crippen LogP contribution in [0.25, 0.3) is 0 Å². The Morgan fingerprint density at radius 3 is 2.88 bits per heavy atom. The molecular weight excluding hydrogens is 102 g/mol.